The Morgan fingerprint density at radius 3 is 2.26 bits per heavy atom. The van der Waals surface area contributed by atoms with Crippen molar-refractivity contribution < 1.29 is 36.4 Å². The highest BCUT2D eigenvalue weighted by molar-refractivity contribution is 7.87. The van der Waals surface area contributed by atoms with E-state index in [-0.39, 0.29) is 18.4 Å². The summed E-state index contributed by atoms with van der Waals surface area (Å²) in [5.74, 6) is -2.72. The van der Waals surface area contributed by atoms with Crippen molar-refractivity contribution in [2.45, 2.75) is 30.9 Å². The lowest BCUT2D eigenvalue weighted by Crippen LogP contribution is -2.40. The first kappa shape index (κ1) is 16.3. The normalized spacial score (nSPS) is 25.1. The Hall–Kier alpha value is -0.800. The molecule has 1 rings (SSSR count). The second-order valence-corrected chi connectivity index (χ2v) is 6.04. The van der Waals surface area contributed by atoms with Crippen molar-refractivity contribution in [3.8, 4) is 0 Å². The Kier molecular flexibility index (Phi) is 5.22. The number of carbonyl (C=O) groups excluding carboxylic acids is 1. The fourth-order valence-corrected chi connectivity index (χ4v) is 2.39. The van der Waals surface area contributed by atoms with Crippen molar-refractivity contribution in [3.63, 3.8) is 0 Å². The van der Waals surface area contributed by atoms with Gasteiger partial charge in [-0.05, 0) is 24.7 Å². The highest BCUT2D eigenvalue weighted by Gasteiger charge is 2.54. The van der Waals surface area contributed by atoms with Gasteiger partial charge in [0, 0.05) is 6.61 Å². The third kappa shape index (κ3) is 3.83. The topological polar surface area (TPSA) is 101 Å². The maximum Gasteiger partial charge on any atom is 0.465 e. The SMILES string of the molecule is O=C(OCC1CCCCC1CO)C(F)(F)S(=O)(=O)O. The van der Waals surface area contributed by atoms with Gasteiger partial charge in [0.25, 0.3) is 0 Å². The molecule has 9 heteroatoms. The number of esters is 1. The molecule has 0 aliphatic heterocycles. The summed E-state index contributed by atoms with van der Waals surface area (Å²) >= 11 is 0. The van der Waals surface area contributed by atoms with E-state index in [4.69, 9.17) is 9.66 Å². The van der Waals surface area contributed by atoms with E-state index in [1.54, 1.807) is 0 Å². The van der Waals surface area contributed by atoms with Crippen LogP contribution in [0.15, 0.2) is 0 Å². The molecule has 112 valence electrons. The van der Waals surface area contributed by atoms with Crippen LogP contribution < -0.4 is 0 Å². The molecule has 6 nitrogen and oxygen atoms in total. The molecule has 0 aromatic carbocycles. The second-order valence-electron chi connectivity index (χ2n) is 4.58. The molecular weight excluding hydrogens is 286 g/mol. The zero-order valence-corrected chi connectivity index (χ0v) is 10.9. The molecule has 0 saturated heterocycles. The lowest BCUT2D eigenvalue weighted by atomic mass is 9.80. The molecule has 0 aromatic rings. The number of ether oxygens (including phenoxy) is 1. The van der Waals surface area contributed by atoms with E-state index >= 15 is 0 Å². The Morgan fingerprint density at radius 2 is 1.79 bits per heavy atom. The molecule has 0 bridgehead atoms. The number of aliphatic hydroxyl groups excluding tert-OH is 1. The van der Waals surface area contributed by atoms with E-state index in [0.29, 0.717) is 12.8 Å². The fourth-order valence-electron chi connectivity index (χ4n) is 2.12. The van der Waals surface area contributed by atoms with E-state index in [0.717, 1.165) is 12.8 Å². The molecule has 0 amide bonds. The van der Waals surface area contributed by atoms with Gasteiger partial charge < -0.3 is 9.84 Å². The van der Waals surface area contributed by atoms with Gasteiger partial charge in [-0.3, -0.25) is 4.55 Å². The number of rotatable bonds is 5. The van der Waals surface area contributed by atoms with Gasteiger partial charge in [-0.1, -0.05) is 12.8 Å². The predicted octanol–water partition coefficient (Wildman–Crippen LogP) is 0.809. The number of alkyl halides is 2. The largest absolute Gasteiger partial charge is 0.465 e. The number of halogens is 2. The lowest BCUT2D eigenvalue weighted by Gasteiger charge is -2.29. The van der Waals surface area contributed by atoms with E-state index in [1.807, 2.05) is 0 Å². The molecule has 2 unspecified atom stereocenters. The average molecular weight is 302 g/mol. The van der Waals surface area contributed by atoms with Crippen LogP contribution in [0.4, 0.5) is 8.78 Å². The quantitative estimate of drug-likeness (QED) is 0.575. The monoisotopic (exact) mass is 302 g/mol. The van der Waals surface area contributed by atoms with Gasteiger partial charge in [-0.2, -0.15) is 17.2 Å². The molecule has 19 heavy (non-hydrogen) atoms. The maximum absolute atomic E-state index is 12.9. The Morgan fingerprint density at radius 1 is 1.26 bits per heavy atom. The first-order chi connectivity index (χ1) is 8.70. The van der Waals surface area contributed by atoms with Crippen molar-refractivity contribution in [3.05, 3.63) is 0 Å². The number of aliphatic hydroxyl groups is 1. The highest BCUT2D eigenvalue weighted by Crippen LogP contribution is 2.31. The fraction of sp³-hybridized carbons (Fsp3) is 0.900. The second kappa shape index (κ2) is 6.10. The number of hydrogen-bond acceptors (Lipinski definition) is 5. The van der Waals surface area contributed by atoms with Crippen LogP contribution >= 0.6 is 0 Å². The molecule has 0 heterocycles. The highest BCUT2D eigenvalue weighted by atomic mass is 32.2. The van der Waals surface area contributed by atoms with Crippen molar-refractivity contribution in [1.29, 1.82) is 0 Å². The molecule has 0 radical (unpaired) electrons. The summed E-state index contributed by atoms with van der Waals surface area (Å²) in [5.41, 5.74) is 0. The molecule has 1 saturated carbocycles. The Balaban J connectivity index is 2.59. The standard InChI is InChI=1S/C10H16F2O6S/c11-10(12,19(15,16)17)9(14)18-6-8-4-2-1-3-7(8)5-13/h7-8,13H,1-6H2,(H,15,16,17). The zero-order valence-electron chi connectivity index (χ0n) is 10.1. The Labute approximate surface area is 109 Å². The zero-order chi connectivity index (χ0) is 14.7. The molecule has 1 aliphatic rings. The van der Waals surface area contributed by atoms with Gasteiger partial charge in [0.05, 0.1) is 6.61 Å². The average Bonchev–Trinajstić information content (AvgIpc) is 2.34. The van der Waals surface area contributed by atoms with Crippen LogP contribution in [0.3, 0.4) is 0 Å². The van der Waals surface area contributed by atoms with Crippen LogP contribution in [0.2, 0.25) is 0 Å². The summed E-state index contributed by atoms with van der Waals surface area (Å²) in [6.07, 6.45) is 3.04. The first-order valence-electron chi connectivity index (χ1n) is 5.83. The van der Waals surface area contributed by atoms with E-state index < -0.39 is 27.9 Å². The minimum atomic E-state index is -5.83. The summed E-state index contributed by atoms with van der Waals surface area (Å²) in [5, 5.41) is 4.13. The molecule has 1 fully saturated rings. The molecule has 1 aliphatic carbocycles. The summed E-state index contributed by atoms with van der Waals surface area (Å²) in [7, 11) is -5.83. The third-order valence-corrected chi connectivity index (χ3v) is 4.11. The van der Waals surface area contributed by atoms with Gasteiger partial charge in [0.2, 0.25) is 0 Å². The third-order valence-electron chi connectivity index (χ3n) is 3.29. The first-order valence-corrected chi connectivity index (χ1v) is 7.27. The van der Waals surface area contributed by atoms with Gasteiger partial charge >= 0.3 is 21.3 Å². The summed E-state index contributed by atoms with van der Waals surface area (Å²) in [6.45, 7) is -0.536. The van der Waals surface area contributed by atoms with E-state index in [2.05, 4.69) is 4.74 Å². The van der Waals surface area contributed by atoms with Crippen LogP contribution in [0.25, 0.3) is 0 Å². The molecule has 2 atom stereocenters. The van der Waals surface area contributed by atoms with Crippen LogP contribution in [-0.4, -0.2) is 42.5 Å². The summed E-state index contributed by atoms with van der Waals surface area (Å²) in [6, 6.07) is 0. The molecular formula is C10H16F2O6S. The molecule has 2 N–H and O–H groups in total. The van der Waals surface area contributed by atoms with Gasteiger partial charge in [-0.25, -0.2) is 4.79 Å². The van der Waals surface area contributed by atoms with Crippen LogP contribution in [0, 0.1) is 11.8 Å². The molecule has 0 aromatic heterocycles. The van der Waals surface area contributed by atoms with E-state index in [1.165, 1.54) is 0 Å². The van der Waals surface area contributed by atoms with Crippen molar-refractivity contribution in [2.75, 3.05) is 13.2 Å². The van der Waals surface area contributed by atoms with Crippen molar-refractivity contribution in [1.82, 2.24) is 0 Å². The van der Waals surface area contributed by atoms with Gasteiger partial charge in [0.1, 0.15) is 0 Å². The van der Waals surface area contributed by atoms with Crippen LogP contribution in [0.1, 0.15) is 25.7 Å². The van der Waals surface area contributed by atoms with Gasteiger partial charge in [-0.15, -0.1) is 0 Å². The summed E-state index contributed by atoms with van der Waals surface area (Å²) < 4.78 is 59.0. The minimum absolute atomic E-state index is 0.142. The maximum atomic E-state index is 12.9. The lowest BCUT2D eigenvalue weighted by molar-refractivity contribution is -0.164. The minimum Gasteiger partial charge on any atom is -0.460 e. The van der Waals surface area contributed by atoms with Crippen molar-refractivity contribution in [2.24, 2.45) is 11.8 Å². The van der Waals surface area contributed by atoms with Gasteiger partial charge in [0.15, 0.2) is 0 Å². The Bertz CT molecular complexity index is 422. The predicted molar refractivity (Wildman–Crippen MR) is 60.0 cm³/mol. The van der Waals surface area contributed by atoms with Crippen molar-refractivity contribution >= 4 is 16.1 Å². The van der Waals surface area contributed by atoms with Crippen LogP contribution in [0.5, 0.6) is 0 Å². The smallest absolute Gasteiger partial charge is 0.460 e. The molecule has 0 spiro atoms. The number of hydrogen-bond donors (Lipinski definition) is 2. The number of carbonyl (C=O) groups is 1. The van der Waals surface area contributed by atoms with Crippen LogP contribution in [-0.2, 0) is 19.6 Å². The summed E-state index contributed by atoms with van der Waals surface area (Å²) in [4.78, 5) is 11.0. The van der Waals surface area contributed by atoms with E-state index in [9.17, 15) is 22.0 Å².